The van der Waals surface area contributed by atoms with Gasteiger partial charge in [-0.1, -0.05) is 62.3 Å². The lowest BCUT2D eigenvalue weighted by Crippen LogP contribution is -2.48. The van der Waals surface area contributed by atoms with E-state index < -0.39 is 52.0 Å². The summed E-state index contributed by atoms with van der Waals surface area (Å²) in [4.78, 5) is 33.6. The number of sulfone groups is 2. The number of hydrogen-bond acceptors (Lipinski definition) is 10. The van der Waals surface area contributed by atoms with Crippen LogP contribution in [0.1, 0.15) is 115 Å². The Morgan fingerprint density at radius 1 is 0.773 bits per heavy atom. The van der Waals surface area contributed by atoms with Crippen molar-refractivity contribution in [2.24, 2.45) is 5.92 Å². The molecule has 0 saturated heterocycles. The van der Waals surface area contributed by atoms with Crippen molar-refractivity contribution in [2.75, 3.05) is 10.6 Å². The van der Waals surface area contributed by atoms with E-state index in [9.17, 15) is 26.4 Å². The standard InChI is InChI=1S/2C15H26N2O3S2/c1-9(2)12(22(19,20)10(3)4)13(18)17-14-16-11(8-21-14)15(5,6)7;1-8-10(2)22(19,20)15(6,7)12(18)17-13-16-11(9-21-13)14(3,4)5/h8-10,12H,1-7H3,(H,16,17,18);9-10H,8H2,1-7H3,(H,16,17,18). The first-order valence-corrected chi connectivity index (χ1v) is 19.6. The molecule has 2 atom stereocenters. The summed E-state index contributed by atoms with van der Waals surface area (Å²) in [6, 6.07) is 0. The lowest BCUT2D eigenvalue weighted by molar-refractivity contribution is -0.118. The second-order valence-corrected chi connectivity index (χ2v) is 21.4. The molecule has 2 rings (SSSR count). The molecule has 2 N–H and O–H groups in total. The monoisotopic (exact) mass is 692 g/mol. The van der Waals surface area contributed by atoms with E-state index in [0.717, 1.165) is 11.4 Å². The van der Waals surface area contributed by atoms with E-state index in [0.29, 0.717) is 16.7 Å². The molecule has 2 heterocycles. The van der Waals surface area contributed by atoms with Gasteiger partial charge in [0.25, 0.3) is 0 Å². The molecule has 2 aromatic rings. The zero-order valence-corrected chi connectivity index (χ0v) is 31.9. The van der Waals surface area contributed by atoms with Gasteiger partial charge < -0.3 is 10.6 Å². The van der Waals surface area contributed by atoms with Crippen molar-refractivity contribution in [3.05, 3.63) is 22.1 Å². The van der Waals surface area contributed by atoms with Crippen LogP contribution in [0.2, 0.25) is 0 Å². The number of aromatic nitrogens is 2. The molecule has 0 aliphatic carbocycles. The van der Waals surface area contributed by atoms with E-state index in [1.165, 1.54) is 36.5 Å². The second kappa shape index (κ2) is 14.7. The first-order chi connectivity index (χ1) is 19.7. The summed E-state index contributed by atoms with van der Waals surface area (Å²) in [5.41, 5.74) is 1.52. The van der Waals surface area contributed by atoms with E-state index in [-0.39, 0.29) is 16.7 Å². The number of nitrogens with one attached hydrogen (secondary N) is 2. The van der Waals surface area contributed by atoms with Crippen molar-refractivity contribution in [3.63, 3.8) is 0 Å². The molecule has 0 bridgehead atoms. The highest BCUT2D eigenvalue weighted by molar-refractivity contribution is 7.94. The third kappa shape index (κ3) is 9.80. The van der Waals surface area contributed by atoms with Crippen LogP contribution in [0.4, 0.5) is 10.3 Å². The fourth-order valence-electron chi connectivity index (χ4n) is 3.75. The van der Waals surface area contributed by atoms with E-state index in [1.807, 2.05) is 52.3 Å². The third-order valence-electron chi connectivity index (χ3n) is 7.23. The molecule has 0 spiro atoms. The van der Waals surface area contributed by atoms with E-state index in [4.69, 9.17) is 0 Å². The average molecular weight is 693 g/mol. The number of rotatable bonds is 10. The molecule has 14 heteroatoms. The van der Waals surface area contributed by atoms with Gasteiger partial charge in [-0.15, -0.1) is 22.7 Å². The molecule has 0 aliphatic rings. The van der Waals surface area contributed by atoms with Gasteiger partial charge >= 0.3 is 0 Å². The largest absolute Gasteiger partial charge is 0.301 e. The topological polar surface area (TPSA) is 152 Å². The van der Waals surface area contributed by atoms with Crippen molar-refractivity contribution in [3.8, 4) is 0 Å². The number of carbonyl (C=O) groups is 2. The number of nitrogens with zero attached hydrogens (tertiary/aromatic N) is 2. The van der Waals surface area contributed by atoms with Gasteiger partial charge in [-0.25, -0.2) is 26.8 Å². The Hall–Kier alpha value is -1.90. The molecule has 0 radical (unpaired) electrons. The maximum Gasteiger partial charge on any atom is 0.247 e. The van der Waals surface area contributed by atoms with E-state index in [2.05, 4.69) is 20.6 Å². The van der Waals surface area contributed by atoms with Crippen molar-refractivity contribution < 1.29 is 26.4 Å². The lowest BCUT2D eigenvalue weighted by atomic mass is 9.93. The van der Waals surface area contributed by atoms with Crippen molar-refractivity contribution in [1.82, 2.24) is 9.97 Å². The zero-order valence-electron chi connectivity index (χ0n) is 28.6. The Labute approximate surface area is 273 Å². The maximum atomic E-state index is 12.5. The van der Waals surface area contributed by atoms with Crippen LogP contribution in [0.25, 0.3) is 0 Å². The normalized spacial score (nSPS) is 14.5. The van der Waals surface area contributed by atoms with Crippen LogP contribution in [0.3, 0.4) is 0 Å². The van der Waals surface area contributed by atoms with Crippen LogP contribution in [0, 0.1) is 5.92 Å². The molecule has 2 amide bonds. The van der Waals surface area contributed by atoms with Crippen molar-refractivity contribution >= 4 is 64.4 Å². The number of anilines is 2. The third-order valence-corrected chi connectivity index (χ3v) is 14.5. The highest BCUT2D eigenvalue weighted by atomic mass is 32.2. The summed E-state index contributed by atoms with van der Waals surface area (Å²) in [5, 5.41) is 7.75. The van der Waals surface area contributed by atoms with Crippen molar-refractivity contribution in [2.45, 2.75) is 135 Å². The van der Waals surface area contributed by atoms with Crippen LogP contribution >= 0.6 is 22.7 Å². The first kappa shape index (κ1) is 40.1. The molecule has 0 aliphatic heterocycles. The van der Waals surface area contributed by atoms with Crippen LogP contribution in [-0.4, -0.2) is 59.1 Å². The SMILES string of the molecule is CC(C)C(C(=O)Nc1nc(C(C)(C)C)cs1)S(=O)(=O)C(C)C.CCC(C)S(=O)(=O)C(C)(C)C(=O)Nc1nc(C(C)(C)C)cs1. The molecule has 252 valence electrons. The Morgan fingerprint density at radius 2 is 1.18 bits per heavy atom. The molecule has 10 nitrogen and oxygen atoms in total. The number of hydrogen-bond donors (Lipinski definition) is 2. The number of thiazole rings is 2. The molecule has 0 saturated carbocycles. The number of carbonyl (C=O) groups excluding carboxylic acids is 2. The lowest BCUT2D eigenvalue weighted by Gasteiger charge is -2.26. The van der Waals surface area contributed by atoms with Gasteiger partial charge in [0, 0.05) is 21.6 Å². The summed E-state index contributed by atoms with van der Waals surface area (Å²) < 4.78 is 48.3. The molecular weight excluding hydrogens is 641 g/mol. The predicted octanol–water partition coefficient (Wildman–Crippen LogP) is 6.60. The Bertz CT molecular complexity index is 1490. The molecule has 0 fully saturated rings. The minimum absolute atomic E-state index is 0.110. The highest BCUT2D eigenvalue weighted by Crippen LogP contribution is 2.30. The van der Waals surface area contributed by atoms with E-state index >= 15 is 0 Å². The maximum absolute atomic E-state index is 12.5. The molecular formula is C30H52N4O6S4. The molecule has 2 aromatic heterocycles. The molecule has 0 aromatic carbocycles. The summed E-state index contributed by atoms with van der Waals surface area (Å²) in [6.45, 7) is 25.2. The van der Waals surface area contributed by atoms with Gasteiger partial charge in [-0.05, 0) is 47.0 Å². The Kier molecular flexibility index (Phi) is 13.4. The number of amides is 2. The van der Waals surface area contributed by atoms with Crippen LogP contribution < -0.4 is 10.6 Å². The minimum atomic E-state index is -3.56. The smallest absolute Gasteiger partial charge is 0.247 e. The summed E-state index contributed by atoms with van der Waals surface area (Å²) in [7, 11) is -7.08. The van der Waals surface area contributed by atoms with E-state index in [1.54, 1.807) is 41.5 Å². The summed E-state index contributed by atoms with van der Waals surface area (Å²) >= 11 is 2.62. The van der Waals surface area contributed by atoms with Gasteiger partial charge in [0.15, 0.2) is 29.9 Å². The predicted molar refractivity (Wildman–Crippen MR) is 184 cm³/mol. The van der Waals surface area contributed by atoms with Crippen molar-refractivity contribution in [1.29, 1.82) is 0 Å². The van der Waals surface area contributed by atoms with Gasteiger partial charge in [-0.2, -0.15) is 0 Å². The van der Waals surface area contributed by atoms with Gasteiger partial charge in [-0.3, -0.25) is 9.59 Å². The molecule has 44 heavy (non-hydrogen) atoms. The van der Waals surface area contributed by atoms with Crippen LogP contribution in [-0.2, 0) is 40.1 Å². The van der Waals surface area contributed by atoms with Crippen LogP contribution in [0.5, 0.6) is 0 Å². The molecule has 2 unspecified atom stereocenters. The highest BCUT2D eigenvalue weighted by Gasteiger charge is 2.44. The first-order valence-electron chi connectivity index (χ1n) is 14.7. The second-order valence-electron chi connectivity index (χ2n) is 14.1. The fourth-order valence-corrected chi connectivity index (χ4v) is 9.08. The summed E-state index contributed by atoms with van der Waals surface area (Å²) in [6.07, 6.45) is 0.477. The summed E-state index contributed by atoms with van der Waals surface area (Å²) in [5.74, 6) is -1.34. The Balaban J connectivity index is 0.000000440. The van der Waals surface area contributed by atoms with Gasteiger partial charge in [0.1, 0.15) is 10.00 Å². The fraction of sp³-hybridized carbons (Fsp3) is 0.733. The quantitative estimate of drug-likeness (QED) is 0.283. The van der Waals surface area contributed by atoms with Gasteiger partial charge in [0.05, 0.1) is 21.9 Å². The van der Waals surface area contributed by atoms with Gasteiger partial charge in [0.2, 0.25) is 11.8 Å². The zero-order chi connectivity index (χ0) is 34.6. The van der Waals surface area contributed by atoms with Crippen LogP contribution in [0.15, 0.2) is 10.8 Å². The Morgan fingerprint density at radius 3 is 1.50 bits per heavy atom. The minimum Gasteiger partial charge on any atom is -0.301 e. The average Bonchev–Trinajstić information content (AvgIpc) is 3.53.